The molecule has 2 aromatic heterocycles. The first kappa shape index (κ1) is 23.8. The average Bonchev–Trinajstić information content (AvgIpc) is 2.83. The Labute approximate surface area is 198 Å². The van der Waals surface area contributed by atoms with Gasteiger partial charge in [-0.3, -0.25) is 9.78 Å². The van der Waals surface area contributed by atoms with E-state index in [1.807, 2.05) is 18.0 Å². The maximum absolute atomic E-state index is 12.3. The van der Waals surface area contributed by atoms with Crippen LogP contribution < -0.4 is 10.2 Å². The second-order valence-corrected chi connectivity index (χ2v) is 9.41. The highest BCUT2D eigenvalue weighted by molar-refractivity contribution is 7.99. The minimum Gasteiger partial charge on any atom is -0.487 e. The lowest BCUT2D eigenvalue weighted by Crippen LogP contribution is -2.22. The standard InChI is InChI=1S/C26H31NO5S/c1-19-8-9-21-22(15-19)27-11-10-25(21)33-14-6-2-4-12-29-24-18-31-20(16-23(24)28)17-32-26-7-3-5-13-30-26/h8-11,15-16,18,26H,2-7,12-14,17H2,1H3. The zero-order chi connectivity index (χ0) is 22.9. The summed E-state index contributed by atoms with van der Waals surface area (Å²) < 4.78 is 22.3. The van der Waals surface area contributed by atoms with Crippen LogP contribution in [0.25, 0.3) is 10.9 Å². The van der Waals surface area contributed by atoms with Gasteiger partial charge in [0.2, 0.25) is 11.2 Å². The van der Waals surface area contributed by atoms with E-state index in [9.17, 15) is 4.79 Å². The number of rotatable bonds is 11. The van der Waals surface area contributed by atoms with Gasteiger partial charge in [0.05, 0.1) is 12.1 Å². The van der Waals surface area contributed by atoms with Crippen molar-refractivity contribution in [2.45, 2.75) is 63.2 Å². The Hall–Kier alpha value is -2.35. The van der Waals surface area contributed by atoms with E-state index in [-0.39, 0.29) is 24.1 Å². The zero-order valence-corrected chi connectivity index (χ0v) is 19.9. The van der Waals surface area contributed by atoms with E-state index < -0.39 is 0 Å². The predicted molar refractivity (Wildman–Crippen MR) is 130 cm³/mol. The highest BCUT2D eigenvalue weighted by Gasteiger charge is 2.15. The molecule has 0 aliphatic carbocycles. The zero-order valence-electron chi connectivity index (χ0n) is 19.1. The normalized spacial score (nSPS) is 16.2. The van der Waals surface area contributed by atoms with Gasteiger partial charge in [0.25, 0.3) is 0 Å². The molecule has 0 saturated carbocycles. The van der Waals surface area contributed by atoms with E-state index in [0.717, 1.165) is 56.4 Å². The third kappa shape index (κ3) is 7.06. The van der Waals surface area contributed by atoms with Gasteiger partial charge in [-0.15, -0.1) is 11.8 Å². The number of aromatic nitrogens is 1. The Morgan fingerprint density at radius 1 is 1.15 bits per heavy atom. The summed E-state index contributed by atoms with van der Waals surface area (Å²) >= 11 is 1.86. The Kier molecular flexibility index (Phi) is 8.80. The molecule has 0 bridgehead atoms. The van der Waals surface area contributed by atoms with Gasteiger partial charge in [-0.1, -0.05) is 12.1 Å². The number of thioether (sulfide) groups is 1. The van der Waals surface area contributed by atoms with Crippen molar-refractivity contribution in [1.29, 1.82) is 0 Å². The molecule has 3 heterocycles. The third-order valence-electron chi connectivity index (χ3n) is 5.56. The molecule has 1 saturated heterocycles. The molecule has 3 aromatic rings. The number of hydrogen-bond acceptors (Lipinski definition) is 7. The van der Waals surface area contributed by atoms with Gasteiger partial charge >= 0.3 is 0 Å². The number of aryl methyl sites for hydroxylation is 1. The van der Waals surface area contributed by atoms with E-state index in [0.29, 0.717) is 12.4 Å². The minimum absolute atomic E-state index is 0.181. The number of unbranched alkanes of at least 4 members (excludes halogenated alkanes) is 2. The fourth-order valence-electron chi connectivity index (χ4n) is 3.74. The van der Waals surface area contributed by atoms with Crippen LogP contribution >= 0.6 is 11.8 Å². The van der Waals surface area contributed by atoms with Crippen LogP contribution in [0.1, 0.15) is 49.8 Å². The molecule has 1 fully saturated rings. The maximum atomic E-state index is 12.3. The van der Waals surface area contributed by atoms with Crippen molar-refractivity contribution < 1.29 is 18.6 Å². The van der Waals surface area contributed by atoms with Gasteiger partial charge in [-0.05, 0) is 68.9 Å². The summed E-state index contributed by atoms with van der Waals surface area (Å²) in [6, 6.07) is 9.93. The van der Waals surface area contributed by atoms with Crippen molar-refractivity contribution in [2.75, 3.05) is 19.0 Å². The van der Waals surface area contributed by atoms with E-state index in [1.54, 1.807) is 0 Å². The van der Waals surface area contributed by atoms with Crippen molar-refractivity contribution in [3.63, 3.8) is 0 Å². The van der Waals surface area contributed by atoms with Gasteiger partial charge in [-0.25, -0.2) is 0 Å². The van der Waals surface area contributed by atoms with Crippen molar-refractivity contribution in [2.24, 2.45) is 0 Å². The number of pyridine rings is 1. The van der Waals surface area contributed by atoms with Crippen LogP contribution in [-0.4, -0.2) is 30.2 Å². The van der Waals surface area contributed by atoms with Crippen LogP contribution in [0.5, 0.6) is 5.75 Å². The SMILES string of the molecule is Cc1ccc2c(SCCCCCOc3coc(COC4CCCCO4)cc3=O)ccnc2c1. The van der Waals surface area contributed by atoms with Gasteiger partial charge < -0.3 is 18.6 Å². The first-order valence-electron chi connectivity index (χ1n) is 11.6. The lowest BCUT2D eigenvalue weighted by molar-refractivity contribution is -0.171. The Morgan fingerprint density at radius 2 is 2.09 bits per heavy atom. The molecule has 1 atom stereocenters. The average molecular weight is 470 g/mol. The highest BCUT2D eigenvalue weighted by atomic mass is 32.2. The molecule has 1 aliphatic heterocycles. The van der Waals surface area contributed by atoms with Crippen LogP contribution in [0, 0.1) is 6.92 Å². The smallest absolute Gasteiger partial charge is 0.227 e. The molecule has 1 aromatic carbocycles. The summed E-state index contributed by atoms with van der Waals surface area (Å²) in [4.78, 5) is 18.0. The Morgan fingerprint density at radius 3 is 2.94 bits per heavy atom. The number of fused-ring (bicyclic) bond motifs is 1. The molecule has 4 rings (SSSR count). The number of ether oxygens (including phenoxy) is 3. The first-order valence-corrected chi connectivity index (χ1v) is 12.6. The largest absolute Gasteiger partial charge is 0.487 e. The second-order valence-electron chi connectivity index (χ2n) is 8.27. The molecule has 176 valence electrons. The molecule has 0 N–H and O–H groups in total. The molecule has 0 radical (unpaired) electrons. The minimum atomic E-state index is -0.209. The lowest BCUT2D eigenvalue weighted by Gasteiger charge is -2.22. The quantitative estimate of drug-likeness (QED) is 0.256. The van der Waals surface area contributed by atoms with Crippen LogP contribution in [0.15, 0.2) is 56.9 Å². The molecule has 6 nitrogen and oxygen atoms in total. The van der Waals surface area contributed by atoms with Gasteiger partial charge in [0, 0.05) is 29.2 Å². The van der Waals surface area contributed by atoms with Crippen molar-refractivity contribution >= 4 is 22.7 Å². The first-order chi connectivity index (χ1) is 16.2. The lowest BCUT2D eigenvalue weighted by atomic mass is 10.1. The predicted octanol–water partition coefficient (Wildman–Crippen LogP) is 5.88. The van der Waals surface area contributed by atoms with Crippen LogP contribution in [0.4, 0.5) is 0 Å². The van der Waals surface area contributed by atoms with Crippen molar-refractivity contribution in [1.82, 2.24) is 4.98 Å². The maximum Gasteiger partial charge on any atom is 0.227 e. The summed E-state index contributed by atoms with van der Waals surface area (Å²) in [6.07, 6.45) is 9.11. The Balaban J connectivity index is 1.14. The van der Waals surface area contributed by atoms with Gasteiger partial charge in [0.15, 0.2) is 6.29 Å². The highest BCUT2D eigenvalue weighted by Crippen LogP contribution is 2.28. The summed E-state index contributed by atoms with van der Waals surface area (Å²) in [7, 11) is 0. The fourth-order valence-corrected chi connectivity index (χ4v) is 4.79. The molecular weight excluding hydrogens is 438 g/mol. The van der Waals surface area contributed by atoms with Crippen molar-refractivity contribution in [3.05, 3.63) is 64.3 Å². The van der Waals surface area contributed by atoms with E-state index >= 15 is 0 Å². The summed E-state index contributed by atoms with van der Waals surface area (Å²) in [5.74, 6) is 1.77. The number of nitrogens with zero attached hydrogens (tertiary/aromatic N) is 1. The van der Waals surface area contributed by atoms with Crippen LogP contribution in [-0.2, 0) is 16.1 Å². The molecule has 1 unspecified atom stereocenters. The summed E-state index contributed by atoms with van der Waals surface area (Å²) in [6.45, 7) is 3.53. The molecule has 33 heavy (non-hydrogen) atoms. The number of benzene rings is 1. The molecule has 7 heteroatoms. The van der Waals surface area contributed by atoms with Gasteiger partial charge in [0.1, 0.15) is 18.6 Å². The molecular formula is C26H31NO5S. The van der Waals surface area contributed by atoms with E-state index in [2.05, 4.69) is 36.2 Å². The summed E-state index contributed by atoms with van der Waals surface area (Å²) in [5.41, 5.74) is 2.09. The molecule has 1 aliphatic rings. The van der Waals surface area contributed by atoms with Crippen LogP contribution in [0.3, 0.4) is 0 Å². The topological polar surface area (TPSA) is 70.8 Å². The summed E-state index contributed by atoms with van der Waals surface area (Å²) in [5, 5.41) is 1.21. The molecule has 0 spiro atoms. The molecule has 0 amide bonds. The Bertz CT molecular complexity index is 1090. The fraction of sp³-hybridized carbons (Fsp3) is 0.462. The van der Waals surface area contributed by atoms with E-state index in [4.69, 9.17) is 18.6 Å². The second kappa shape index (κ2) is 12.2. The third-order valence-corrected chi connectivity index (χ3v) is 6.72. The van der Waals surface area contributed by atoms with Gasteiger partial charge in [-0.2, -0.15) is 0 Å². The monoisotopic (exact) mass is 469 g/mol. The van der Waals surface area contributed by atoms with Crippen molar-refractivity contribution in [3.8, 4) is 5.75 Å². The van der Waals surface area contributed by atoms with E-state index in [1.165, 1.54) is 28.2 Å². The number of hydrogen-bond donors (Lipinski definition) is 0. The van der Waals surface area contributed by atoms with Crippen LogP contribution in [0.2, 0.25) is 0 Å².